The lowest BCUT2D eigenvalue weighted by Crippen LogP contribution is -2.08. The van der Waals surface area contributed by atoms with Crippen LogP contribution in [0.5, 0.6) is 0 Å². The van der Waals surface area contributed by atoms with Crippen LogP contribution in [-0.2, 0) is 32.2 Å². The van der Waals surface area contributed by atoms with Gasteiger partial charge >= 0.3 is 5.97 Å². The van der Waals surface area contributed by atoms with Gasteiger partial charge in [-0.05, 0) is 78.4 Å². The van der Waals surface area contributed by atoms with Crippen LogP contribution >= 0.6 is 11.3 Å². The summed E-state index contributed by atoms with van der Waals surface area (Å²) in [5.74, 6) is -0.868. The average Bonchev–Trinajstić information content (AvgIpc) is 3.39. The number of hydrogen-bond donors (Lipinski definition) is 0. The molecule has 0 saturated carbocycles. The number of carbonyl (C=O) groups is 1. The molecule has 0 fully saturated rings. The van der Waals surface area contributed by atoms with Crippen molar-refractivity contribution in [3.8, 4) is 6.07 Å². The van der Waals surface area contributed by atoms with Crippen molar-refractivity contribution in [3.05, 3.63) is 87.8 Å². The Hall–Kier alpha value is -3.48. The van der Waals surface area contributed by atoms with Crippen molar-refractivity contribution in [3.63, 3.8) is 0 Å². The third-order valence-electron chi connectivity index (χ3n) is 5.62. The van der Waals surface area contributed by atoms with Gasteiger partial charge in [0.25, 0.3) is 0 Å². The van der Waals surface area contributed by atoms with Gasteiger partial charge in [0.2, 0.25) is 9.84 Å². The summed E-state index contributed by atoms with van der Waals surface area (Å²) in [6.45, 7) is 3.89. The largest absolute Gasteiger partial charge is 0.466 e. The van der Waals surface area contributed by atoms with Gasteiger partial charge in [-0.3, -0.25) is 4.79 Å². The minimum absolute atomic E-state index is 0.0177. The number of halogens is 1. The zero-order valence-electron chi connectivity index (χ0n) is 18.5. The molecule has 0 aliphatic heterocycles. The molecule has 0 radical (unpaired) electrons. The molecule has 4 aromatic rings. The number of nitrogens with zero attached hydrogens (tertiary/aromatic N) is 2. The lowest BCUT2D eigenvalue weighted by molar-refractivity contribution is -0.142. The zero-order valence-corrected chi connectivity index (χ0v) is 20.2. The number of nitriles is 1. The van der Waals surface area contributed by atoms with Crippen molar-refractivity contribution in [1.82, 2.24) is 4.40 Å². The molecule has 0 saturated heterocycles. The van der Waals surface area contributed by atoms with E-state index in [1.165, 1.54) is 12.1 Å². The van der Waals surface area contributed by atoms with Crippen LogP contribution in [-0.4, -0.2) is 25.4 Å². The maximum atomic E-state index is 13.3. The van der Waals surface area contributed by atoms with E-state index in [-0.39, 0.29) is 34.5 Å². The molecule has 0 N–H and O–H groups in total. The molecule has 174 valence electrons. The normalized spacial score (nSPS) is 11.5. The molecular formula is C25H21FN2O4S2. The van der Waals surface area contributed by atoms with Crippen LogP contribution in [0.1, 0.15) is 34.9 Å². The van der Waals surface area contributed by atoms with E-state index in [1.807, 2.05) is 11.3 Å². The lowest BCUT2D eigenvalue weighted by Gasteiger charge is -2.08. The first-order valence-corrected chi connectivity index (χ1v) is 12.9. The molecule has 0 bridgehead atoms. The zero-order chi connectivity index (χ0) is 24.5. The van der Waals surface area contributed by atoms with E-state index in [0.717, 1.165) is 45.8 Å². The van der Waals surface area contributed by atoms with E-state index in [1.54, 1.807) is 36.7 Å². The third kappa shape index (κ3) is 4.34. The minimum Gasteiger partial charge on any atom is -0.466 e. The molecule has 0 aliphatic carbocycles. The molecule has 1 aromatic carbocycles. The number of pyridine rings is 1. The Morgan fingerprint density at radius 2 is 1.91 bits per heavy atom. The van der Waals surface area contributed by atoms with Crippen LogP contribution < -0.4 is 0 Å². The maximum absolute atomic E-state index is 13.3. The van der Waals surface area contributed by atoms with Gasteiger partial charge in [-0.25, -0.2) is 12.8 Å². The first-order chi connectivity index (χ1) is 16.3. The van der Waals surface area contributed by atoms with Crippen molar-refractivity contribution in [2.45, 2.75) is 35.8 Å². The summed E-state index contributed by atoms with van der Waals surface area (Å²) in [5, 5.41) is 11.1. The van der Waals surface area contributed by atoms with E-state index >= 15 is 0 Å². The third-order valence-corrected chi connectivity index (χ3v) is 8.96. The topological polar surface area (TPSA) is 88.6 Å². The van der Waals surface area contributed by atoms with Crippen molar-refractivity contribution in [1.29, 1.82) is 5.26 Å². The van der Waals surface area contributed by atoms with Gasteiger partial charge in [-0.2, -0.15) is 5.26 Å². The van der Waals surface area contributed by atoms with Crippen molar-refractivity contribution in [2.75, 3.05) is 6.61 Å². The highest BCUT2D eigenvalue weighted by atomic mass is 32.2. The highest BCUT2D eigenvalue weighted by molar-refractivity contribution is 7.93. The number of rotatable bonds is 7. The lowest BCUT2D eigenvalue weighted by atomic mass is 10.0. The summed E-state index contributed by atoms with van der Waals surface area (Å²) < 4.78 is 47.0. The van der Waals surface area contributed by atoms with Crippen LogP contribution in [0.2, 0.25) is 0 Å². The summed E-state index contributed by atoms with van der Waals surface area (Å²) >= 11 is 1.10. The summed E-state index contributed by atoms with van der Waals surface area (Å²) in [4.78, 5) is 12.3. The summed E-state index contributed by atoms with van der Waals surface area (Å²) in [6, 6.07) is 12.1. The number of fused-ring (bicyclic) bond motifs is 1. The molecule has 9 heteroatoms. The first-order valence-electron chi connectivity index (χ1n) is 10.5. The van der Waals surface area contributed by atoms with Gasteiger partial charge in [-0.1, -0.05) is 0 Å². The van der Waals surface area contributed by atoms with Gasteiger partial charge < -0.3 is 9.14 Å². The number of sulfone groups is 1. The predicted octanol–water partition coefficient (Wildman–Crippen LogP) is 4.85. The molecule has 4 rings (SSSR count). The van der Waals surface area contributed by atoms with Crippen LogP contribution in [0.3, 0.4) is 0 Å². The van der Waals surface area contributed by atoms with E-state index in [0.29, 0.717) is 11.1 Å². The highest BCUT2D eigenvalue weighted by Crippen LogP contribution is 2.33. The first kappa shape index (κ1) is 23.7. The molecule has 6 nitrogen and oxygen atoms in total. The van der Waals surface area contributed by atoms with Gasteiger partial charge in [-0.15, -0.1) is 11.3 Å². The van der Waals surface area contributed by atoms with Crippen LogP contribution in [0.25, 0.3) is 5.52 Å². The smallest absolute Gasteiger partial charge is 0.310 e. The number of esters is 1. The Morgan fingerprint density at radius 1 is 1.18 bits per heavy atom. The van der Waals surface area contributed by atoms with E-state index < -0.39 is 15.7 Å². The quantitative estimate of drug-likeness (QED) is 0.270. The molecular weight excluding hydrogens is 475 g/mol. The van der Waals surface area contributed by atoms with Crippen LogP contribution in [0.15, 0.2) is 63.1 Å². The van der Waals surface area contributed by atoms with Crippen molar-refractivity contribution in [2.24, 2.45) is 0 Å². The number of ether oxygens (including phenoxy) is 1. The summed E-state index contributed by atoms with van der Waals surface area (Å²) in [6.07, 6.45) is 2.02. The fraction of sp³-hybridized carbons (Fsp3) is 0.200. The number of benzene rings is 1. The highest BCUT2D eigenvalue weighted by Gasteiger charge is 2.25. The van der Waals surface area contributed by atoms with Crippen molar-refractivity contribution < 1.29 is 22.3 Å². The second kappa shape index (κ2) is 9.41. The van der Waals surface area contributed by atoms with Crippen LogP contribution in [0.4, 0.5) is 4.39 Å². The molecule has 0 unspecified atom stereocenters. The maximum Gasteiger partial charge on any atom is 0.310 e. The molecule has 0 aliphatic rings. The van der Waals surface area contributed by atoms with Gasteiger partial charge in [0.05, 0.1) is 23.5 Å². The number of aromatic nitrogens is 1. The SMILES string of the molecule is CCOC(=O)Cc1c(C)c(Cc2ccsc2S(=O)(=O)c2ccc(F)cc2)n2cc(C#N)ccc12. The Labute approximate surface area is 200 Å². The van der Waals surface area contributed by atoms with Gasteiger partial charge in [0.1, 0.15) is 16.1 Å². The molecule has 0 spiro atoms. The minimum atomic E-state index is -3.85. The second-order valence-electron chi connectivity index (χ2n) is 7.68. The average molecular weight is 497 g/mol. The summed E-state index contributed by atoms with van der Waals surface area (Å²) in [5.41, 5.74) is 4.17. The fourth-order valence-corrected chi connectivity index (χ4v) is 6.77. The standard InChI is InChI=1S/C25H21FN2O4S2/c1-3-32-24(29)13-21-16(2)23(28-15-17(14-27)4-9-22(21)28)12-18-10-11-33-25(18)34(30,31)20-7-5-19(26)6-8-20/h4-11,15H,3,12-13H2,1-2H3. The summed E-state index contributed by atoms with van der Waals surface area (Å²) in [7, 11) is -3.85. The number of thiophene rings is 1. The Balaban J connectivity index is 1.81. The molecule has 0 amide bonds. The number of carbonyl (C=O) groups excluding carboxylic acids is 1. The van der Waals surface area contributed by atoms with E-state index in [4.69, 9.17) is 4.74 Å². The monoisotopic (exact) mass is 496 g/mol. The van der Waals surface area contributed by atoms with Gasteiger partial charge in [0, 0.05) is 23.8 Å². The molecule has 0 atom stereocenters. The van der Waals surface area contributed by atoms with E-state index in [2.05, 4.69) is 6.07 Å². The second-order valence-corrected chi connectivity index (χ2v) is 10.7. The molecule has 34 heavy (non-hydrogen) atoms. The fourth-order valence-electron chi connectivity index (χ4n) is 3.97. The van der Waals surface area contributed by atoms with Gasteiger partial charge in [0.15, 0.2) is 0 Å². The molecule has 3 heterocycles. The number of hydrogen-bond acceptors (Lipinski definition) is 6. The predicted molar refractivity (Wildman–Crippen MR) is 126 cm³/mol. The van der Waals surface area contributed by atoms with Crippen LogP contribution in [0, 0.1) is 24.1 Å². The Kier molecular flexibility index (Phi) is 6.55. The molecule has 3 aromatic heterocycles. The van der Waals surface area contributed by atoms with E-state index in [9.17, 15) is 22.9 Å². The Bertz CT molecular complexity index is 1530. The van der Waals surface area contributed by atoms with Crippen molar-refractivity contribution >= 4 is 32.7 Å². The Morgan fingerprint density at radius 3 is 2.59 bits per heavy atom.